The highest BCUT2D eigenvalue weighted by Gasteiger charge is 2.45. The van der Waals surface area contributed by atoms with Gasteiger partial charge in [0, 0.05) is 12.1 Å². The second-order valence-electron chi connectivity index (χ2n) is 6.27. The number of Topliss-reactive ketones (excluding diaryl/α,β-unsaturated/α-hetero) is 1. The van der Waals surface area contributed by atoms with Crippen LogP contribution in [0.3, 0.4) is 0 Å². The van der Waals surface area contributed by atoms with E-state index >= 15 is 0 Å². The maximum Gasteiger partial charge on any atom is 0.295 e. The molecule has 0 spiro atoms. The van der Waals surface area contributed by atoms with Gasteiger partial charge in [-0.15, -0.1) is 6.58 Å². The molecule has 1 heterocycles. The molecule has 1 aliphatic heterocycles. The Morgan fingerprint density at radius 2 is 1.71 bits per heavy atom. The van der Waals surface area contributed by atoms with Crippen LogP contribution < -0.4 is 4.74 Å². The van der Waals surface area contributed by atoms with Crippen LogP contribution in [-0.4, -0.2) is 34.8 Å². The van der Waals surface area contributed by atoms with Crippen molar-refractivity contribution >= 4 is 17.4 Å². The third-order valence-corrected chi connectivity index (χ3v) is 4.48. The number of benzene rings is 2. The van der Waals surface area contributed by atoms with Crippen LogP contribution in [0.15, 0.2) is 85.5 Å². The molecule has 1 amide bonds. The Hall–Kier alpha value is -3.60. The number of ketones is 1. The van der Waals surface area contributed by atoms with Crippen LogP contribution >= 0.6 is 0 Å². The van der Waals surface area contributed by atoms with Crippen molar-refractivity contribution in [2.45, 2.75) is 6.04 Å². The monoisotopic (exact) mass is 375 g/mol. The molecule has 1 fully saturated rings. The quantitative estimate of drug-likeness (QED) is 0.345. The van der Waals surface area contributed by atoms with E-state index in [9.17, 15) is 14.7 Å². The maximum atomic E-state index is 12.7. The molecule has 2 aromatic carbocycles. The molecular weight excluding hydrogens is 354 g/mol. The molecule has 28 heavy (non-hydrogen) atoms. The van der Waals surface area contributed by atoms with Crippen LogP contribution in [0.5, 0.6) is 5.75 Å². The zero-order chi connectivity index (χ0) is 20.1. The Labute approximate surface area is 163 Å². The lowest BCUT2D eigenvalue weighted by Gasteiger charge is -2.24. The van der Waals surface area contributed by atoms with Crippen molar-refractivity contribution in [1.82, 2.24) is 4.90 Å². The van der Waals surface area contributed by atoms with Crippen LogP contribution in [0.4, 0.5) is 0 Å². The highest BCUT2D eigenvalue weighted by molar-refractivity contribution is 6.46. The molecule has 0 aliphatic carbocycles. The highest BCUT2D eigenvalue weighted by Crippen LogP contribution is 2.39. The number of hydrogen-bond acceptors (Lipinski definition) is 4. The zero-order valence-corrected chi connectivity index (χ0v) is 15.4. The van der Waals surface area contributed by atoms with E-state index in [1.165, 1.54) is 4.90 Å². The number of carbonyl (C=O) groups is 2. The summed E-state index contributed by atoms with van der Waals surface area (Å²) in [6.45, 7) is 7.84. The van der Waals surface area contributed by atoms with Crippen molar-refractivity contribution in [3.63, 3.8) is 0 Å². The Morgan fingerprint density at radius 3 is 2.32 bits per heavy atom. The molecular formula is C23H21NO4. The number of amides is 1. The third-order valence-electron chi connectivity index (χ3n) is 4.48. The van der Waals surface area contributed by atoms with E-state index in [1.54, 1.807) is 36.4 Å². The molecule has 3 rings (SSSR count). The molecule has 1 N–H and O–H groups in total. The Bertz CT molecular complexity index is 929. The summed E-state index contributed by atoms with van der Waals surface area (Å²) in [7, 11) is 0. The summed E-state index contributed by atoms with van der Waals surface area (Å²) in [6.07, 6.45) is 3.20. The Balaban J connectivity index is 2.07. The van der Waals surface area contributed by atoms with E-state index in [4.69, 9.17) is 4.74 Å². The second-order valence-corrected chi connectivity index (χ2v) is 6.27. The van der Waals surface area contributed by atoms with E-state index in [0.29, 0.717) is 17.9 Å². The van der Waals surface area contributed by atoms with E-state index in [-0.39, 0.29) is 17.9 Å². The van der Waals surface area contributed by atoms with Crippen molar-refractivity contribution in [3.8, 4) is 5.75 Å². The predicted molar refractivity (Wildman–Crippen MR) is 108 cm³/mol. The minimum Gasteiger partial charge on any atom is -0.507 e. The molecule has 1 atom stereocenters. The maximum absolute atomic E-state index is 12.7. The van der Waals surface area contributed by atoms with Gasteiger partial charge in [-0.2, -0.15) is 0 Å². The number of hydrogen-bond donors (Lipinski definition) is 1. The Kier molecular flexibility index (Phi) is 5.75. The third kappa shape index (κ3) is 3.60. The average molecular weight is 375 g/mol. The van der Waals surface area contributed by atoms with E-state index in [1.807, 2.05) is 30.3 Å². The van der Waals surface area contributed by atoms with Crippen LogP contribution in [0.1, 0.15) is 17.2 Å². The molecule has 5 heteroatoms. The van der Waals surface area contributed by atoms with Gasteiger partial charge < -0.3 is 14.7 Å². The first-order valence-corrected chi connectivity index (χ1v) is 8.87. The SMILES string of the molecule is C=CCOc1ccc(/C(O)=C2\C(=O)C(=O)N(CC=C)C2c2ccccc2)cc1. The summed E-state index contributed by atoms with van der Waals surface area (Å²) in [6, 6.07) is 15.2. The van der Waals surface area contributed by atoms with Gasteiger partial charge in [0.1, 0.15) is 18.1 Å². The van der Waals surface area contributed by atoms with Gasteiger partial charge in [-0.25, -0.2) is 0 Å². The highest BCUT2D eigenvalue weighted by atomic mass is 16.5. The standard InChI is InChI=1S/C23H21NO4/c1-3-14-24-20(16-8-6-5-7-9-16)19(22(26)23(24)27)21(25)17-10-12-18(13-11-17)28-15-4-2/h3-13,20,25H,1-2,14-15H2/b21-19+. The number of carbonyl (C=O) groups excluding carboxylic acids is 2. The summed E-state index contributed by atoms with van der Waals surface area (Å²) < 4.78 is 5.44. The minimum atomic E-state index is -0.708. The lowest BCUT2D eigenvalue weighted by molar-refractivity contribution is -0.139. The van der Waals surface area contributed by atoms with E-state index in [0.717, 1.165) is 5.56 Å². The number of rotatable bonds is 7. The molecule has 5 nitrogen and oxygen atoms in total. The summed E-state index contributed by atoms with van der Waals surface area (Å²) >= 11 is 0. The lowest BCUT2D eigenvalue weighted by Crippen LogP contribution is -2.29. The number of aliphatic hydroxyl groups is 1. The molecule has 1 saturated heterocycles. The fraction of sp³-hybridized carbons (Fsp3) is 0.130. The lowest BCUT2D eigenvalue weighted by atomic mass is 9.95. The largest absolute Gasteiger partial charge is 0.507 e. The number of aliphatic hydroxyl groups excluding tert-OH is 1. The van der Waals surface area contributed by atoms with Gasteiger partial charge >= 0.3 is 0 Å². The zero-order valence-electron chi connectivity index (χ0n) is 15.4. The molecule has 2 aromatic rings. The topological polar surface area (TPSA) is 66.8 Å². The van der Waals surface area contributed by atoms with E-state index < -0.39 is 17.7 Å². The van der Waals surface area contributed by atoms with Crippen molar-refractivity contribution in [2.24, 2.45) is 0 Å². The summed E-state index contributed by atoms with van der Waals surface area (Å²) in [4.78, 5) is 26.7. The van der Waals surface area contributed by atoms with Gasteiger partial charge in [0.05, 0.1) is 11.6 Å². The molecule has 0 saturated carbocycles. The molecule has 0 radical (unpaired) electrons. The smallest absolute Gasteiger partial charge is 0.295 e. The number of nitrogens with zero attached hydrogens (tertiary/aromatic N) is 1. The first kappa shape index (κ1) is 19.2. The van der Waals surface area contributed by atoms with Gasteiger partial charge in [0.2, 0.25) is 0 Å². The first-order chi connectivity index (χ1) is 13.6. The fourth-order valence-electron chi connectivity index (χ4n) is 3.21. The van der Waals surface area contributed by atoms with Gasteiger partial charge in [0.15, 0.2) is 0 Å². The van der Waals surface area contributed by atoms with Crippen LogP contribution in [0, 0.1) is 0 Å². The summed E-state index contributed by atoms with van der Waals surface area (Å²) in [5.74, 6) is -0.960. The number of likely N-dealkylation sites (tertiary alicyclic amines) is 1. The molecule has 1 aliphatic rings. The minimum absolute atomic E-state index is 0.0674. The first-order valence-electron chi connectivity index (χ1n) is 8.87. The van der Waals surface area contributed by atoms with Crippen LogP contribution in [0.2, 0.25) is 0 Å². The average Bonchev–Trinajstić information content (AvgIpc) is 2.98. The van der Waals surface area contributed by atoms with Crippen molar-refractivity contribution in [3.05, 3.63) is 96.6 Å². The second kappa shape index (κ2) is 8.39. The van der Waals surface area contributed by atoms with Crippen LogP contribution in [0.25, 0.3) is 5.76 Å². The summed E-state index contributed by atoms with van der Waals surface area (Å²) in [5, 5.41) is 10.9. The summed E-state index contributed by atoms with van der Waals surface area (Å²) in [5.41, 5.74) is 1.25. The number of ether oxygens (including phenoxy) is 1. The fourth-order valence-corrected chi connectivity index (χ4v) is 3.21. The Morgan fingerprint density at radius 1 is 1.04 bits per heavy atom. The van der Waals surface area contributed by atoms with Gasteiger partial charge in [-0.05, 0) is 29.8 Å². The molecule has 0 bridgehead atoms. The molecule has 142 valence electrons. The van der Waals surface area contributed by atoms with Crippen molar-refractivity contribution in [2.75, 3.05) is 13.2 Å². The van der Waals surface area contributed by atoms with E-state index in [2.05, 4.69) is 13.2 Å². The van der Waals surface area contributed by atoms with Crippen molar-refractivity contribution < 1.29 is 19.4 Å². The van der Waals surface area contributed by atoms with Gasteiger partial charge in [-0.1, -0.05) is 49.1 Å². The van der Waals surface area contributed by atoms with Crippen molar-refractivity contribution in [1.29, 1.82) is 0 Å². The van der Waals surface area contributed by atoms with Gasteiger partial charge in [-0.3, -0.25) is 9.59 Å². The normalized spacial score (nSPS) is 18.1. The molecule has 1 unspecified atom stereocenters. The predicted octanol–water partition coefficient (Wildman–Crippen LogP) is 3.86. The van der Waals surface area contributed by atoms with Crippen LogP contribution in [-0.2, 0) is 9.59 Å². The molecule has 0 aromatic heterocycles. The van der Waals surface area contributed by atoms with Gasteiger partial charge in [0.25, 0.3) is 11.7 Å².